The Morgan fingerprint density at radius 3 is 2.74 bits per heavy atom. The highest BCUT2D eigenvalue weighted by Crippen LogP contribution is 2.41. The van der Waals surface area contributed by atoms with Gasteiger partial charge in [0.05, 0.1) is 6.10 Å². The molecule has 150 valence electrons. The van der Waals surface area contributed by atoms with Crippen LogP contribution in [0.3, 0.4) is 0 Å². The van der Waals surface area contributed by atoms with Gasteiger partial charge < -0.3 is 20.7 Å². The molecule has 3 rings (SSSR count). The van der Waals surface area contributed by atoms with Crippen LogP contribution in [0.1, 0.15) is 26.0 Å². The third-order valence-corrected chi connectivity index (χ3v) is 7.15. The van der Waals surface area contributed by atoms with E-state index in [0.717, 1.165) is 18.3 Å². The summed E-state index contributed by atoms with van der Waals surface area (Å²) in [4.78, 5) is 12.9. The van der Waals surface area contributed by atoms with E-state index in [-0.39, 0.29) is 5.82 Å². The molecule has 8 nitrogen and oxygen atoms in total. The van der Waals surface area contributed by atoms with Crippen molar-refractivity contribution in [3.63, 3.8) is 0 Å². The van der Waals surface area contributed by atoms with Crippen LogP contribution in [-0.4, -0.2) is 79.6 Å². The molecule has 0 spiro atoms. The monoisotopic (exact) mass is 413 g/mol. The summed E-state index contributed by atoms with van der Waals surface area (Å²) >= 11 is 1.54. The molecule has 0 saturated carbocycles. The van der Waals surface area contributed by atoms with Gasteiger partial charge in [-0.2, -0.15) is 0 Å². The van der Waals surface area contributed by atoms with Gasteiger partial charge in [-0.15, -0.1) is 13.2 Å². The van der Waals surface area contributed by atoms with E-state index in [9.17, 15) is 10.2 Å². The topological polar surface area (TPSA) is 119 Å². The van der Waals surface area contributed by atoms with Gasteiger partial charge in [0, 0.05) is 5.75 Å². The Morgan fingerprint density at radius 2 is 2.07 bits per heavy atom. The van der Waals surface area contributed by atoms with E-state index in [2.05, 4.69) is 41.5 Å². The number of hydrogen-bond donors (Lipinski definition) is 3. The predicted molar refractivity (Wildman–Crippen MR) is 112 cm³/mol. The fourth-order valence-corrected chi connectivity index (χ4v) is 4.91. The van der Waals surface area contributed by atoms with E-state index in [1.807, 2.05) is 0 Å². The van der Waals surface area contributed by atoms with Gasteiger partial charge in [0.1, 0.15) is 18.5 Å². The van der Waals surface area contributed by atoms with E-state index >= 15 is 0 Å². The second-order valence-corrected chi connectivity index (χ2v) is 12.9. The largest absolute Gasteiger partial charge is 0.388 e. The van der Waals surface area contributed by atoms with Crippen molar-refractivity contribution in [3.05, 3.63) is 6.33 Å². The maximum absolute atomic E-state index is 10.7. The maximum atomic E-state index is 10.7. The molecular formula is C17H28N5O3PS. The Labute approximate surface area is 163 Å². The standard InChI is InChI=1S/C17H28N5O3PS/c1-5-8-27-17-21-11-14(18)19-9-20-15(11)22(17)16-13(24)12(23)10(25-16)6-7-26(2,3)4/h9-10,12-13,16,23-24H,2,5-8H2,1,3-4H3,(H2,18,19,20)/t10-,12-,13-,16?/m1/s1. The van der Waals surface area contributed by atoms with E-state index in [1.165, 1.54) is 6.33 Å². The van der Waals surface area contributed by atoms with Gasteiger partial charge in [-0.25, -0.2) is 15.0 Å². The molecule has 0 radical (unpaired) electrons. The van der Waals surface area contributed by atoms with Crippen molar-refractivity contribution in [2.45, 2.75) is 49.5 Å². The molecule has 4 N–H and O–H groups in total. The fourth-order valence-electron chi connectivity index (χ4n) is 3.09. The van der Waals surface area contributed by atoms with Crippen LogP contribution in [0.25, 0.3) is 11.2 Å². The maximum Gasteiger partial charge on any atom is 0.172 e. The Bertz CT molecular complexity index is 854. The molecule has 2 aromatic rings. The van der Waals surface area contributed by atoms with Crippen molar-refractivity contribution >= 4 is 41.9 Å². The first-order chi connectivity index (χ1) is 12.7. The number of thioether (sulfide) groups is 1. The summed E-state index contributed by atoms with van der Waals surface area (Å²) in [6, 6.07) is 0. The van der Waals surface area contributed by atoms with Crippen LogP contribution in [0.2, 0.25) is 0 Å². The summed E-state index contributed by atoms with van der Waals surface area (Å²) in [5, 5.41) is 21.9. The first-order valence-corrected chi connectivity index (χ1v) is 13.1. The lowest BCUT2D eigenvalue weighted by molar-refractivity contribution is -0.0400. The summed E-state index contributed by atoms with van der Waals surface area (Å²) in [6.45, 7) is 5.12. The van der Waals surface area contributed by atoms with Crippen LogP contribution in [-0.2, 0) is 4.74 Å². The summed E-state index contributed by atoms with van der Waals surface area (Å²) in [6.07, 6.45) is 4.81. The molecule has 1 aliphatic heterocycles. The van der Waals surface area contributed by atoms with E-state index in [1.54, 1.807) is 16.3 Å². The van der Waals surface area contributed by atoms with E-state index < -0.39 is 31.4 Å². The van der Waals surface area contributed by atoms with Gasteiger partial charge in [0.15, 0.2) is 28.4 Å². The Kier molecular flexibility index (Phi) is 6.17. The third kappa shape index (κ3) is 4.32. The van der Waals surface area contributed by atoms with Crippen LogP contribution in [0.4, 0.5) is 5.82 Å². The van der Waals surface area contributed by atoms with Crippen molar-refractivity contribution in [1.29, 1.82) is 0 Å². The molecule has 27 heavy (non-hydrogen) atoms. The molecular weight excluding hydrogens is 385 g/mol. The molecule has 1 aliphatic rings. The number of imidazole rings is 1. The highest BCUT2D eigenvalue weighted by atomic mass is 32.2. The van der Waals surface area contributed by atoms with E-state index in [4.69, 9.17) is 10.5 Å². The number of nitrogen functional groups attached to an aromatic ring is 1. The molecule has 0 aromatic carbocycles. The molecule has 2 aromatic heterocycles. The van der Waals surface area contributed by atoms with E-state index in [0.29, 0.717) is 22.7 Å². The van der Waals surface area contributed by atoms with Gasteiger partial charge in [-0.1, -0.05) is 18.7 Å². The lowest BCUT2D eigenvalue weighted by atomic mass is 10.1. The Balaban J connectivity index is 1.95. The molecule has 3 heterocycles. The minimum atomic E-state index is -1.25. The minimum Gasteiger partial charge on any atom is -0.388 e. The first-order valence-electron chi connectivity index (χ1n) is 9.03. The van der Waals surface area contributed by atoms with Gasteiger partial charge in [0.25, 0.3) is 0 Å². The average Bonchev–Trinajstić information content (AvgIpc) is 3.10. The smallest absolute Gasteiger partial charge is 0.172 e. The Hall–Kier alpha value is -1.12. The minimum absolute atomic E-state index is 0.283. The lowest BCUT2D eigenvalue weighted by Crippen LogP contribution is -2.32. The zero-order valence-electron chi connectivity index (χ0n) is 15.9. The summed E-state index contributed by atoms with van der Waals surface area (Å²) in [7, 11) is 0. The molecule has 0 bridgehead atoms. The number of aliphatic hydroxyl groups is 2. The van der Waals surface area contributed by atoms with Crippen molar-refractivity contribution < 1.29 is 14.9 Å². The zero-order valence-corrected chi connectivity index (χ0v) is 17.7. The number of nitrogens with two attached hydrogens (primary N) is 1. The molecule has 0 aliphatic carbocycles. The SMILES string of the molecule is C=P(C)(C)CC[C@H]1OC(n2c(SCCC)nc3c(N)ncnc32)[C@H](O)[C@@H]1O. The summed E-state index contributed by atoms with van der Waals surface area (Å²) in [5.74, 6) is 1.14. The van der Waals surface area contributed by atoms with Crippen molar-refractivity contribution in [1.82, 2.24) is 19.5 Å². The number of ether oxygens (including phenoxy) is 1. The second kappa shape index (κ2) is 8.09. The molecule has 1 unspecified atom stereocenters. The third-order valence-electron chi connectivity index (χ3n) is 4.52. The second-order valence-electron chi connectivity index (χ2n) is 7.54. The molecule has 4 atom stereocenters. The number of nitrogens with zero attached hydrogens (tertiary/aromatic N) is 4. The number of aliphatic hydroxyl groups excluding tert-OH is 2. The van der Waals surface area contributed by atoms with Crippen molar-refractivity contribution in [2.24, 2.45) is 0 Å². The zero-order chi connectivity index (χ0) is 19.8. The van der Waals surface area contributed by atoms with Gasteiger partial charge in [-0.05, 0) is 32.3 Å². The lowest BCUT2D eigenvalue weighted by Gasteiger charge is -2.19. The van der Waals surface area contributed by atoms with Gasteiger partial charge >= 0.3 is 0 Å². The number of anilines is 1. The highest BCUT2D eigenvalue weighted by Gasteiger charge is 2.45. The number of aromatic nitrogens is 4. The molecule has 1 saturated heterocycles. The summed E-state index contributed by atoms with van der Waals surface area (Å²) in [5.41, 5.74) is 6.94. The number of hydrogen-bond acceptors (Lipinski definition) is 8. The van der Waals surface area contributed by atoms with Crippen molar-refractivity contribution in [2.75, 3.05) is 31.0 Å². The first kappa shape index (κ1) is 20.6. The average molecular weight is 413 g/mol. The molecule has 10 heteroatoms. The van der Waals surface area contributed by atoms with Crippen molar-refractivity contribution in [3.8, 4) is 0 Å². The molecule has 0 amide bonds. The normalized spacial score (nSPS) is 26.1. The Morgan fingerprint density at radius 1 is 1.33 bits per heavy atom. The van der Waals surface area contributed by atoms with Crippen LogP contribution in [0.5, 0.6) is 0 Å². The van der Waals surface area contributed by atoms with Crippen LogP contribution >= 0.6 is 18.6 Å². The fraction of sp³-hybridized carbons (Fsp3) is 0.647. The number of rotatable bonds is 7. The van der Waals surface area contributed by atoms with Gasteiger partial charge in [0.2, 0.25) is 0 Å². The highest BCUT2D eigenvalue weighted by molar-refractivity contribution is 7.99. The predicted octanol–water partition coefficient (Wildman–Crippen LogP) is 1.63. The quantitative estimate of drug-likeness (QED) is 0.463. The van der Waals surface area contributed by atoms with Crippen LogP contribution in [0.15, 0.2) is 11.5 Å². The van der Waals surface area contributed by atoms with Crippen LogP contribution in [0, 0.1) is 0 Å². The summed E-state index contributed by atoms with van der Waals surface area (Å²) < 4.78 is 7.83. The number of fused-ring (bicyclic) bond motifs is 1. The molecule has 1 fully saturated rings. The van der Waals surface area contributed by atoms with Crippen LogP contribution < -0.4 is 5.73 Å². The van der Waals surface area contributed by atoms with Gasteiger partial charge in [-0.3, -0.25) is 4.57 Å².